The van der Waals surface area contributed by atoms with Crippen molar-refractivity contribution in [3.05, 3.63) is 65.0 Å². The highest BCUT2D eigenvalue weighted by atomic mass is 32.2. The van der Waals surface area contributed by atoms with Crippen LogP contribution in [0, 0.1) is 19.7 Å². The van der Waals surface area contributed by atoms with Crippen molar-refractivity contribution in [1.82, 2.24) is 10.2 Å². The number of carbonyl (C=O) groups is 2. The molecular formula is C25H34FN3O4S. The lowest BCUT2D eigenvalue weighted by Gasteiger charge is -2.32. The molecule has 2 rings (SSSR count). The standard InChI is InChI=1S/C25H34FN3O4S/c1-7-18(3)27-25(31)20(5)28(15-21-12-8-9-13-22(21)26)24(30)16-29(34(6,32)33)23-14-10-11-17(2)19(23)4/h8-14,18,20H,7,15-16H2,1-6H3,(H,27,31)/t18-,20-/m1/s1. The normalized spacial score (nSPS) is 13.1. The molecule has 9 heteroatoms. The lowest BCUT2D eigenvalue weighted by Crippen LogP contribution is -2.52. The van der Waals surface area contributed by atoms with Gasteiger partial charge in [0, 0.05) is 18.2 Å². The molecule has 186 valence electrons. The Hall–Kier alpha value is -2.94. The second-order valence-corrected chi connectivity index (χ2v) is 10.5. The summed E-state index contributed by atoms with van der Waals surface area (Å²) in [4.78, 5) is 27.6. The molecule has 34 heavy (non-hydrogen) atoms. The molecule has 2 aromatic rings. The van der Waals surface area contributed by atoms with Gasteiger partial charge < -0.3 is 10.2 Å². The molecule has 7 nitrogen and oxygen atoms in total. The number of anilines is 1. The number of amides is 2. The summed E-state index contributed by atoms with van der Waals surface area (Å²) in [6.45, 7) is 8.27. The van der Waals surface area contributed by atoms with Gasteiger partial charge in [0.2, 0.25) is 21.8 Å². The number of aryl methyl sites for hydroxylation is 1. The molecule has 2 atom stereocenters. The van der Waals surface area contributed by atoms with E-state index in [-0.39, 0.29) is 18.2 Å². The molecule has 0 aliphatic carbocycles. The van der Waals surface area contributed by atoms with Crippen LogP contribution in [-0.2, 0) is 26.2 Å². The van der Waals surface area contributed by atoms with E-state index in [4.69, 9.17) is 0 Å². The largest absolute Gasteiger partial charge is 0.352 e. The van der Waals surface area contributed by atoms with E-state index in [0.29, 0.717) is 12.1 Å². The fourth-order valence-electron chi connectivity index (χ4n) is 3.46. The summed E-state index contributed by atoms with van der Waals surface area (Å²) in [5.74, 6) is -1.51. The van der Waals surface area contributed by atoms with E-state index in [9.17, 15) is 22.4 Å². The summed E-state index contributed by atoms with van der Waals surface area (Å²) in [6, 6.07) is 10.2. The highest BCUT2D eigenvalue weighted by Crippen LogP contribution is 2.25. The Morgan fingerprint density at radius 2 is 1.71 bits per heavy atom. The van der Waals surface area contributed by atoms with Crippen molar-refractivity contribution in [3.8, 4) is 0 Å². The van der Waals surface area contributed by atoms with E-state index in [2.05, 4.69) is 5.32 Å². The molecule has 0 saturated carbocycles. The number of hydrogen-bond acceptors (Lipinski definition) is 4. The van der Waals surface area contributed by atoms with Crippen LogP contribution < -0.4 is 9.62 Å². The molecule has 0 aliphatic heterocycles. The Labute approximate surface area is 202 Å². The minimum atomic E-state index is -3.82. The third-order valence-electron chi connectivity index (χ3n) is 5.99. The van der Waals surface area contributed by atoms with Gasteiger partial charge in [-0.05, 0) is 57.4 Å². The van der Waals surface area contributed by atoms with Gasteiger partial charge >= 0.3 is 0 Å². The van der Waals surface area contributed by atoms with Gasteiger partial charge in [-0.1, -0.05) is 37.3 Å². The Morgan fingerprint density at radius 1 is 1.06 bits per heavy atom. The van der Waals surface area contributed by atoms with Gasteiger partial charge in [0.05, 0.1) is 11.9 Å². The van der Waals surface area contributed by atoms with E-state index in [1.165, 1.54) is 23.1 Å². The maximum absolute atomic E-state index is 14.4. The van der Waals surface area contributed by atoms with Crippen molar-refractivity contribution in [3.63, 3.8) is 0 Å². The smallest absolute Gasteiger partial charge is 0.244 e. The van der Waals surface area contributed by atoms with Crippen molar-refractivity contribution in [2.45, 2.75) is 59.7 Å². The zero-order valence-electron chi connectivity index (χ0n) is 20.6. The topological polar surface area (TPSA) is 86.8 Å². The van der Waals surface area contributed by atoms with E-state index in [0.717, 1.165) is 21.7 Å². The van der Waals surface area contributed by atoms with Crippen molar-refractivity contribution in [1.29, 1.82) is 0 Å². The monoisotopic (exact) mass is 491 g/mol. The average molecular weight is 492 g/mol. The minimum Gasteiger partial charge on any atom is -0.352 e. The molecule has 0 spiro atoms. The molecule has 1 N–H and O–H groups in total. The molecule has 0 radical (unpaired) electrons. The fraction of sp³-hybridized carbons (Fsp3) is 0.440. The molecular weight excluding hydrogens is 457 g/mol. The van der Waals surface area contributed by atoms with Crippen molar-refractivity contribution < 1.29 is 22.4 Å². The number of sulfonamides is 1. The van der Waals surface area contributed by atoms with Crippen LogP contribution in [0.25, 0.3) is 0 Å². The Bertz CT molecular complexity index is 1140. The number of nitrogens with one attached hydrogen (secondary N) is 1. The summed E-state index contributed by atoms with van der Waals surface area (Å²) < 4.78 is 40.8. The average Bonchev–Trinajstić information content (AvgIpc) is 2.77. The number of carbonyl (C=O) groups excluding carboxylic acids is 2. The summed E-state index contributed by atoms with van der Waals surface area (Å²) in [5.41, 5.74) is 2.22. The van der Waals surface area contributed by atoms with Gasteiger partial charge in [-0.3, -0.25) is 13.9 Å². The van der Waals surface area contributed by atoms with Crippen LogP contribution in [-0.4, -0.2) is 50.0 Å². The zero-order valence-corrected chi connectivity index (χ0v) is 21.4. The van der Waals surface area contributed by atoms with Gasteiger partial charge in [0.1, 0.15) is 18.4 Å². The molecule has 0 aliphatic rings. The lowest BCUT2D eigenvalue weighted by atomic mass is 10.1. The SMILES string of the molecule is CC[C@@H](C)NC(=O)[C@@H](C)N(Cc1ccccc1F)C(=O)CN(c1cccc(C)c1C)S(C)(=O)=O. The maximum Gasteiger partial charge on any atom is 0.244 e. The molecule has 0 fully saturated rings. The Morgan fingerprint density at radius 3 is 2.29 bits per heavy atom. The second kappa shape index (κ2) is 11.5. The van der Waals surface area contributed by atoms with Crippen LogP contribution in [0.1, 0.15) is 43.9 Å². The fourth-order valence-corrected chi connectivity index (χ4v) is 4.36. The van der Waals surface area contributed by atoms with Crippen LogP contribution in [0.5, 0.6) is 0 Å². The zero-order chi connectivity index (χ0) is 25.6. The summed E-state index contributed by atoms with van der Waals surface area (Å²) >= 11 is 0. The molecule has 0 bridgehead atoms. The van der Waals surface area contributed by atoms with Crippen LogP contribution in [0.15, 0.2) is 42.5 Å². The molecule has 0 aromatic heterocycles. The first kappa shape index (κ1) is 27.3. The Balaban J connectivity index is 2.45. The van der Waals surface area contributed by atoms with Gasteiger partial charge in [0.15, 0.2) is 0 Å². The van der Waals surface area contributed by atoms with Crippen molar-refractivity contribution in [2.24, 2.45) is 0 Å². The second-order valence-electron chi connectivity index (χ2n) is 8.60. The van der Waals surface area contributed by atoms with Crippen molar-refractivity contribution in [2.75, 3.05) is 17.1 Å². The van der Waals surface area contributed by atoms with Gasteiger partial charge in [-0.2, -0.15) is 0 Å². The lowest BCUT2D eigenvalue weighted by molar-refractivity contribution is -0.139. The first-order chi connectivity index (χ1) is 15.9. The minimum absolute atomic E-state index is 0.108. The predicted octanol–water partition coefficient (Wildman–Crippen LogP) is 3.54. The number of benzene rings is 2. The first-order valence-electron chi connectivity index (χ1n) is 11.2. The molecule has 2 amide bonds. The number of nitrogens with zero attached hydrogens (tertiary/aromatic N) is 2. The van der Waals surface area contributed by atoms with Gasteiger partial charge in [0.25, 0.3) is 0 Å². The van der Waals surface area contributed by atoms with Gasteiger partial charge in [-0.25, -0.2) is 12.8 Å². The summed E-state index contributed by atoms with van der Waals surface area (Å²) in [6.07, 6.45) is 1.73. The highest BCUT2D eigenvalue weighted by Gasteiger charge is 2.31. The molecule has 0 saturated heterocycles. The maximum atomic E-state index is 14.4. The van der Waals surface area contributed by atoms with Gasteiger partial charge in [-0.15, -0.1) is 0 Å². The predicted molar refractivity (Wildman–Crippen MR) is 132 cm³/mol. The van der Waals surface area contributed by atoms with E-state index < -0.39 is 40.2 Å². The number of halogens is 1. The van der Waals surface area contributed by atoms with Crippen LogP contribution in [0.3, 0.4) is 0 Å². The van der Waals surface area contributed by atoms with Crippen LogP contribution in [0.2, 0.25) is 0 Å². The molecule has 2 aromatic carbocycles. The third-order valence-corrected chi connectivity index (χ3v) is 7.12. The Kier molecular flexibility index (Phi) is 9.21. The quantitative estimate of drug-likeness (QED) is 0.551. The van der Waals surface area contributed by atoms with Crippen molar-refractivity contribution >= 4 is 27.5 Å². The molecule has 0 heterocycles. The first-order valence-corrected chi connectivity index (χ1v) is 13.1. The van der Waals surface area contributed by atoms with Crippen LogP contribution >= 0.6 is 0 Å². The summed E-state index contributed by atoms with van der Waals surface area (Å²) in [7, 11) is -3.82. The van der Waals surface area contributed by atoms with E-state index >= 15 is 0 Å². The number of rotatable bonds is 10. The van der Waals surface area contributed by atoms with E-state index in [1.54, 1.807) is 32.0 Å². The summed E-state index contributed by atoms with van der Waals surface area (Å²) in [5, 5.41) is 2.84. The van der Waals surface area contributed by atoms with Crippen LogP contribution in [0.4, 0.5) is 10.1 Å². The highest BCUT2D eigenvalue weighted by molar-refractivity contribution is 7.92. The third kappa shape index (κ3) is 6.79. The number of hydrogen-bond donors (Lipinski definition) is 1. The van der Waals surface area contributed by atoms with E-state index in [1.807, 2.05) is 26.8 Å². The molecule has 0 unspecified atom stereocenters.